The van der Waals surface area contributed by atoms with Crippen molar-refractivity contribution in [2.45, 2.75) is 12.3 Å². The molecule has 3 rings (SSSR count). The molecule has 0 spiro atoms. The molecule has 1 aliphatic heterocycles. The molecule has 3 heteroatoms. The molecule has 1 unspecified atom stereocenters. The first-order valence-electron chi connectivity index (χ1n) is 6.37. The van der Waals surface area contributed by atoms with Gasteiger partial charge in [-0.2, -0.15) is 0 Å². The first kappa shape index (κ1) is 11.9. The van der Waals surface area contributed by atoms with Crippen LogP contribution in [0.15, 0.2) is 48.5 Å². The minimum atomic E-state index is -0.241. The Morgan fingerprint density at radius 1 is 1.05 bits per heavy atom. The summed E-state index contributed by atoms with van der Waals surface area (Å²) in [5.41, 5.74) is 3.00. The van der Waals surface area contributed by atoms with Gasteiger partial charge in [0.25, 0.3) is 0 Å². The van der Waals surface area contributed by atoms with E-state index in [0.29, 0.717) is 0 Å². The number of carbonyl (C=O) groups is 1. The molecule has 1 amide bonds. The molecule has 19 heavy (non-hydrogen) atoms. The number of carbonyl (C=O) groups excluding carboxylic acids is 1. The van der Waals surface area contributed by atoms with Gasteiger partial charge < -0.3 is 5.32 Å². The van der Waals surface area contributed by atoms with Crippen molar-refractivity contribution >= 4 is 5.91 Å². The molecule has 0 aliphatic carbocycles. The molecule has 0 aromatic heterocycles. The maximum absolute atomic E-state index is 12.9. The van der Waals surface area contributed by atoms with Crippen molar-refractivity contribution in [3.63, 3.8) is 0 Å². The van der Waals surface area contributed by atoms with E-state index in [1.54, 1.807) is 12.1 Å². The van der Waals surface area contributed by atoms with E-state index in [1.165, 1.54) is 12.1 Å². The number of hydrogen-bond donors (Lipinski definition) is 1. The molecule has 1 fully saturated rings. The Morgan fingerprint density at radius 3 is 2.53 bits per heavy atom. The predicted octanol–water partition coefficient (Wildman–Crippen LogP) is 3.10. The average molecular weight is 255 g/mol. The van der Waals surface area contributed by atoms with Crippen LogP contribution < -0.4 is 5.32 Å². The van der Waals surface area contributed by atoms with Crippen LogP contribution in [0, 0.1) is 5.82 Å². The normalized spacial score (nSPS) is 18.4. The summed E-state index contributed by atoms with van der Waals surface area (Å²) in [4.78, 5) is 11.7. The number of halogens is 1. The van der Waals surface area contributed by atoms with E-state index in [4.69, 9.17) is 0 Å². The highest BCUT2D eigenvalue weighted by Crippen LogP contribution is 2.28. The first-order valence-corrected chi connectivity index (χ1v) is 6.37. The van der Waals surface area contributed by atoms with Crippen LogP contribution in [0.25, 0.3) is 11.1 Å². The molecule has 1 atom stereocenters. The van der Waals surface area contributed by atoms with Crippen LogP contribution in [0.3, 0.4) is 0 Å². The quantitative estimate of drug-likeness (QED) is 0.877. The fourth-order valence-electron chi connectivity index (χ4n) is 2.49. The van der Waals surface area contributed by atoms with Gasteiger partial charge in [0.05, 0.1) is 5.92 Å². The fraction of sp³-hybridized carbons (Fsp3) is 0.188. The molecule has 2 aromatic rings. The highest BCUT2D eigenvalue weighted by molar-refractivity contribution is 5.86. The van der Waals surface area contributed by atoms with Gasteiger partial charge in [-0.05, 0) is 35.2 Å². The lowest BCUT2D eigenvalue weighted by Gasteiger charge is -2.09. The van der Waals surface area contributed by atoms with Crippen molar-refractivity contribution in [3.05, 3.63) is 59.9 Å². The molecule has 2 nitrogen and oxygen atoms in total. The van der Waals surface area contributed by atoms with Gasteiger partial charge >= 0.3 is 0 Å². The van der Waals surface area contributed by atoms with Crippen LogP contribution in [-0.4, -0.2) is 12.5 Å². The van der Waals surface area contributed by atoms with Crippen LogP contribution in [-0.2, 0) is 4.79 Å². The van der Waals surface area contributed by atoms with Crippen LogP contribution in [0.1, 0.15) is 17.9 Å². The minimum absolute atomic E-state index is 0.0552. The van der Waals surface area contributed by atoms with Gasteiger partial charge in [0.15, 0.2) is 0 Å². The zero-order valence-corrected chi connectivity index (χ0v) is 10.4. The molecule has 96 valence electrons. The second-order valence-electron chi connectivity index (χ2n) is 4.76. The molecule has 0 saturated carbocycles. The van der Waals surface area contributed by atoms with Crippen molar-refractivity contribution in [1.29, 1.82) is 0 Å². The zero-order chi connectivity index (χ0) is 13.2. The summed E-state index contributed by atoms with van der Waals surface area (Å²) in [6.07, 6.45) is 0.839. The van der Waals surface area contributed by atoms with Crippen LogP contribution in [0.4, 0.5) is 4.39 Å². The molecule has 0 radical (unpaired) electrons. The molecular weight excluding hydrogens is 241 g/mol. The summed E-state index contributed by atoms with van der Waals surface area (Å²) < 4.78 is 12.9. The topological polar surface area (TPSA) is 29.1 Å². The van der Waals surface area contributed by atoms with E-state index in [0.717, 1.165) is 29.7 Å². The maximum Gasteiger partial charge on any atom is 0.227 e. The number of nitrogens with one attached hydrogen (secondary N) is 1. The van der Waals surface area contributed by atoms with E-state index >= 15 is 0 Å². The number of hydrogen-bond acceptors (Lipinski definition) is 1. The van der Waals surface area contributed by atoms with Gasteiger partial charge in [-0.1, -0.05) is 36.4 Å². The molecular formula is C16H14FNO. The van der Waals surface area contributed by atoms with E-state index in [1.807, 2.05) is 24.3 Å². The van der Waals surface area contributed by atoms with Gasteiger partial charge in [0.1, 0.15) is 5.82 Å². The van der Waals surface area contributed by atoms with Crippen molar-refractivity contribution in [1.82, 2.24) is 5.32 Å². The van der Waals surface area contributed by atoms with E-state index in [9.17, 15) is 9.18 Å². The second kappa shape index (κ2) is 4.84. The van der Waals surface area contributed by atoms with Crippen molar-refractivity contribution in [2.75, 3.05) is 6.54 Å². The van der Waals surface area contributed by atoms with Crippen LogP contribution in [0.5, 0.6) is 0 Å². The lowest BCUT2D eigenvalue weighted by Crippen LogP contribution is -2.17. The van der Waals surface area contributed by atoms with E-state index in [2.05, 4.69) is 5.32 Å². The summed E-state index contributed by atoms with van der Waals surface area (Å²) >= 11 is 0. The Bertz CT molecular complexity index is 606. The molecule has 1 N–H and O–H groups in total. The first-order chi connectivity index (χ1) is 9.24. The summed E-state index contributed by atoms with van der Waals surface area (Å²) in [5.74, 6) is -0.202. The van der Waals surface area contributed by atoms with Crippen molar-refractivity contribution in [3.8, 4) is 11.1 Å². The van der Waals surface area contributed by atoms with Gasteiger partial charge in [0.2, 0.25) is 5.91 Å². The highest BCUT2D eigenvalue weighted by Gasteiger charge is 2.25. The minimum Gasteiger partial charge on any atom is -0.356 e. The largest absolute Gasteiger partial charge is 0.356 e. The van der Waals surface area contributed by atoms with Crippen molar-refractivity contribution in [2.24, 2.45) is 0 Å². The summed E-state index contributed by atoms with van der Waals surface area (Å²) in [6, 6.07) is 14.3. The number of benzene rings is 2. The van der Waals surface area contributed by atoms with Crippen LogP contribution >= 0.6 is 0 Å². The standard InChI is InChI=1S/C16H14FNO/c17-14-6-4-11(5-7-14)12-2-1-3-13(10-12)15-8-9-18-16(15)19/h1-7,10,15H,8-9H2,(H,18,19). The molecule has 2 aromatic carbocycles. The third-order valence-corrected chi connectivity index (χ3v) is 3.52. The van der Waals surface area contributed by atoms with E-state index < -0.39 is 0 Å². The summed E-state index contributed by atoms with van der Waals surface area (Å²) in [7, 11) is 0. The Hall–Kier alpha value is -2.16. The lowest BCUT2D eigenvalue weighted by molar-refractivity contribution is -0.120. The third kappa shape index (κ3) is 2.36. The number of rotatable bonds is 2. The Morgan fingerprint density at radius 2 is 1.84 bits per heavy atom. The van der Waals surface area contributed by atoms with E-state index in [-0.39, 0.29) is 17.6 Å². The molecule has 1 heterocycles. The fourth-order valence-corrected chi connectivity index (χ4v) is 2.49. The molecule has 0 bridgehead atoms. The Balaban J connectivity index is 1.95. The van der Waals surface area contributed by atoms with Crippen LogP contribution in [0.2, 0.25) is 0 Å². The molecule has 1 saturated heterocycles. The smallest absolute Gasteiger partial charge is 0.227 e. The zero-order valence-electron chi connectivity index (χ0n) is 10.4. The van der Waals surface area contributed by atoms with Gasteiger partial charge in [-0.15, -0.1) is 0 Å². The summed E-state index contributed by atoms with van der Waals surface area (Å²) in [6.45, 7) is 0.740. The highest BCUT2D eigenvalue weighted by atomic mass is 19.1. The third-order valence-electron chi connectivity index (χ3n) is 3.52. The lowest BCUT2D eigenvalue weighted by atomic mass is 9.94. The number of amides is 1. The Kier molecular flexibility index (Phi) is 3.03. The second-order valence-corrected chi connectivity index (χ2v) is 4.76. The molecule has 1 aliphatic rings. The monoisotopic (exact) mass is 255 g/mol. The summed E-state index contributed by atoms with van der Waals surface area (Å²) in [5, 5.41) is 2.85. The SMILES string of the molecule is O=C1NCCC1c1cccc(-c2ccc(F)cc2)c1. The van der Waals surface area contributed by atoms with Gasteiger partial charge in [0, 0.05) is 6.54 Å². The average Bonchev–Trinajstić information content (AvgIpc) is 2.86. The predicted molar refractivity (Wildman–Crippen MR) is 72.2 cm³/mol. The van der Waals surface area contributed by atoms with Gasteiger partial charge in [-0.25, -0.2) is 4.39 Å². The Labute approximate surface area is 111 Å². The maximum atomic E-state index is 12.9. The van der Waals surface area contributed by atoms with Gasteiger partial charge in [-0.3, -0.25) is 4.79 Å². The van der Waals surface area contributed by atoms with Crippen molar-refractivity contribution < 1.29 is 9.18 Å².